The van der Waals surface area contributed by atoms with E-state index in [1.54, 1.807) is 0 Å². The molecule has 0 aromatic heterocycles. The quantitative estimate of drug-likeness (QED) is 0.295. The van der Waals surface area contributed by atoms with Crippen molar-refractivity contribution in [2.75, 3.05) is 4.90 Å². The van der Waals surface area contributed by atoms with E-state index in [1.165, 1.54) is 70.6 Å². The zero-order chi connectivity index (χ0) is 21.8. The summed E-state index contributed by atoms with van der Waals surface area (Å²) in [5.74, 6) is 0. The minimum Gasteiger partial charge on any atom is -0.310 e. The maximum Gasteiger partial charge on any atom is 0.0464 e. The minimum absolute atomic E-state index is 1.18. The Bertz CT molecular complexity index is 1200. The normalized spacial score (nSPS) is 13.5. The Kier molecular flexibility index (Phi) is 5.89. The fraction of sp³-hybridized carbons (Fsp3) is 0.161. The Morgan fingerprint density at radius 3 is 1.94 bits per heavy atom. The minimum atomic E-state index is 1.18. The zero-order valence-electron chi connectivity index (χ0n) is 18.7. The van der Waals surface area contributed by atoms with Gasteiger partial charge in [0.15, 0.2) is 0 Å². The van der Waals surface area contributed by atoms with Gasteiger partial charge in [0.25, 0.3) is 0 Å². The maximum atomic E-state index is 2.40. The van der Waals surface area contributed by atoms with Crippen molar-refractivity contribution in [2.45, 2.75) is 32.6 Å². The smallest absolute Gasteiger partial charge is 0.0464 e. The molecule has 0 fully saturated rings. The number of allylic oxidation sites excluding steroid dienone is 1. The molecule has 1 heteroatoms. The molecule has 0 aliphatic heterocycles. The van der Waals surface area contributed by atoms with Crippen molar-refractivity contribution in [3.8, 4) is 0 Å². The lowest BCUT2D eigenvalue weighted by Crippen LogP contribution is -2.11. The molecule has 0 atom stereocenters. The standard InChI is InChI=1S/C31H29N/c1-24(26-10-4-2-5-11-26)22-25-16-19-30(20-17-25)32(29-14-6-3-7-15-29)31-21-18-27-12-8-9-13-28(27)23-31/h2-7,10-11,14-23H,8-9,12-13H2,1H3. The van der Waals surface area contributed by atoms with Crippen LogP contribution >= 0.6 is 0 Å². The summed E-state index contributed by atoms with van der Waals surface area (Å²) in [6.45, 7) is 2.17. The molecule has 0 bridgehead atoms. The van der Waals surface area contributed by atoms with Gasteiger partial charge in [-0.3, -0.25) is 0 Å². The van der Waals surface area contributed by atoms with Gasteiger partial charge in [0.1, 0.15) is 0 Å². The van der Waals surface area contributed by atoms with Gasteiger partial charge < -0.3 is 4.90 Å². The second kappa shape index (κ2) is 9.28. The van der Waals surface area contributed by atoms with Crippen LogP contribution in [0, 0.1) is 0 Å². The van der Waals surface area contributed by atoms with Crippen LogP contribution in [0.1, 0.15) is 42.0 Å². The van der Waals surface area contributed by atoms with Gasteiger partial charge in [-0.25, -0.2) is 0 Å². The molecule has 158 valence electrons. The van der Waals surface area contributed by atoms with Crippen LogP contribution in [-0.4, -0.2) is 0 Å². The molecule has 0 N–H and O–H groups in total. The highest BCUT2D eigenvalue weighted by Gasteiger charge is 2.16. The monoisotopic (exact) mass is 415 g/mol. The van der Waals surface area contributed by atoms with Crippen LogP contribution < -0.4 is 4.90 Å². The van der Waals surface area contributed by atoms with Gasteiger partial charge in [-0.05, 0) is 96.8 Å². The van der Waals surface area contributed by atoms with E-state index < -0.39 is 0 Å². The first kappa shape index (κ1) is 20.3. The second-order valence-electron chi connectivity index (χ2n) is 8.62. The number of fused-ring (bicyclic) bond motifs is 1. The first-order valence-corrected chi connectivity index (χ1v) is 11.6. The molecule has 1 aliphatic rings. The van der Waals surface area contributed by atoms with Crippen molar-refractivity contribution in [1.82, 2.24) is 0 Å². The number of benzene rings is 4. The van der Waals surface area contributed by atoms with Crippen molar-refractivity contribution in [1.29, 1.82) is 0 Å². The van der Waals surface area contributed by atoms with Crippen molar-refractivity contribution in [2.24, 2.45) is 0 Å². The van der Waals surface area contributed by atoms with Gasteiger partial charge in [-0.1, -0.05) is 72.8 Å². The topological polar surface area (TPSA) is 3.24 Å². The molecule has 5 rings (SSSR count). The summed E-state index contributed by atoms with van der Waals surface area (Å²) >= 11 is 0. The van der Waals surface area contributed by atoms with Crippen LogP contribution in [0.15, 0.2) is 103 Å². The summed E-state index contributed by atoms with van der Waals surface area (Å²) in [4.78, 5) is 2.37. The van der Waals surface area contributed by atoms with Crippen LogP contribution in [0.2, 0.25) is 0 Å². The van der Waals surface area contributed by atoms with E-state index in [1.807, 2.05) is 0 Å². The van der Waals surface area contributed by atoms with Crippen LogP contribution in [0.25, 0.3) is 11.6 Å². The first-order valence-electron chi connectivity index (χ1n) is 11.6. The lowest BCUT2D eigenvalue weighted by Gasteiger charge is -2.27. The number of anilines is 3. The third-order valence-electron chi connectivity index (χ3n) is 6.37. The Balaban J connectivity index is 1.50. The van der Waals surface area contributed by atoms with Crippen molar-refractivity contribution < 1.29 is 0 Å². The van der Waals surface area contributed by atoms with E-state index in [4.69, 9.17) is 0 Å². The molecule has 0 amide bonds. The predicted octanol–water partition coefficient (Wildman–Crippen LogP) is 8.60. The third-order valence-corrected chi connectivity index (χ3v) is 6.37. The highest BCUT2D eigenvalue weighted by Crippen LogP contribution is 2.36. The van der Waals surface area contributed by atoms with Gasteiger partial charge in [0, 0.05) is 17.1 Å². The van der Waals surface area contributed by atoms with Gasteiger partial charge in [-0.15, -0.1) is 0 Å². The molecule has 4 aromatic carbocycles. The summed E-state index contributed by atoms with van der Waals surface area (Å²) in [5, 5.41) is 0. The zero-order valence-corrected chi connectivity index (χ0v) is 18.7. The average Bonchev–Trinajstić information content (AvgIpc) is 2.86. The fourth-order valence-electron chi connectivity index (χ4n) is 4.64. The van der Waals surface area contributed by atoms with E-state index in [2.05, 4.69) is 121 Å². The highest BCUT2D eigenvalue weighted by molar-refractivity contribution is 5.82. The average molecular weight is 416 g/mol. The molecule has 4 aromatic rings. The van der Waals surface area contributed by atoms with Crippen LogP contribution in [-0.2, 0) is 12.8 Å². The molecular formula is C31H29N. The summed E-state index contributed by atoms with van der Waals surface area (Å²) < 4.78 is 0. The Hall–Kier alpha value is -3.58. The van der Waals surface area contributed by atoms with E-state index >= 15 is 0 Å². The van der Waals surface area contributed by atoms with Gasteiger partial charge >= 0.3 is 0 Å². The van der Waals surface area contributed by atoms with E-state index in [0.717, 1.165) is 0 Å². The first-order chi connectivity index (χ1) is 15.8. The number of para-hydroxylation sites is 1. The molecular weight excluding hydrogens is 386 g/mol. The summed E-state index contributed by atoms with van der Waals surface area (Å²) in [6.07, 6.45) is 7.26. The van der Waals surface area contributed by atoms with Gasteiger partial charge in [0.05, 0.1) is 0 Å². The summed E-state index contributed by atoms with van der Waals surface area (Å²) in [5.41, 5.74) is 10.4. The highest BCUT2D eigenvalue weighted by atomic mass is 15.1. The van der Waals surface area contributed by atoms with Gasteiger partial charge in [-0.2, -0.15) is 0 Å². The van der Waals surface area contributed by atoms with Crippen molar-refractivity contribution in [3.05, 3.63) is 125 Å². The van der Waals surface area contributed by atoms with E-state index in [-0.39, 0.29) is 0 Å². The van der Waals surface area contributed by atoms with E-state index in [0.29, 0.717) is 0 Å². The SMILES string of the molecule is CC(=Cc1ccc(N(c2ccccc2)c2ccc3c(c2)CCCC3)cc1)c1ccccc1. The van der Waals surface area contributed by atoms with Gasteiger partial charge in [0.2, 0.25) is 0 Å². The molecule has 1 aliphatic carbocycles. The lowest BCUT2D eigenvalue weighted by atomic mass is 9.91. The van der Waals surface area contributed by atoms with Crippen molar-refractivity contribution in [3.63, 3.8) is 0 Å². The second-order valence-corrected chi connectivity index (χ2v) is 8.62. The molecule has 0 saturated heterocycles. The molecule has 0 saturated carbocycles. The third kappa shape index (κ3) is 4.38. The molecule has 32 heavy (non-hydrogen) atoms. The van der Waals surface area contributed by atoms with Crippen molar-refractivity contribution >= 4 is 28.7 Å². The largest absolute Gasteiger partial charge is 0.310 e. The Morgan fingerprint density at radius 1 is 0.625 bits per heavy atom. The maximum absolute atomic E-state index is 2.40. The number of hydrogen-bond acceptors (Lipinski definition) is 1. The lowest BCUT2D eigenvalue weighted by molar-refractivity contribution is 0.685. The Labute approximate surface area is 191 Å². The number of rotatable bonds is 5. The summed E-state index contributed by atoms with van der Waals surface area (Å²) in [6, 6.07) is 37.2. The number of aryl methyl sites for hydroxylation is 2. The number of hydrogen-bond donors (Lipinski definition) is 0. The molecule has 0 unspecified atom stereocenters. The van der Waals surface area contributed by atoms with Crippen LogP contribution in [0.5, 0.6) is 0 Å². The Morgan fingerprint density at radius 2 is 1.22 bits per heavy atom. The fourth-order valence-corrected chi connectivity index (χ4v) is 4.64. The molecule has 0 radical (unpaired) electrons. The molecule has 1 nitrogen and oxygen atoms in total. The molecule has 0 spiro atoms. The number of nitrogens with zero attached hydrogens (tertiary/aromatic N) is 1. The summed E-state index contributed by atoms with van der Waals surface area (Å²) in [7, 11) is 0. The van der Waals surface area contributed by atoms with Crippen LogP contribution in [0.4, 0.5) is 17.1 Å². The molecule has 0 heterocycles. The van der Waals surface area contributed by atoms with Crippen LogP contribution in [0.3, 0.4) is 0 Å². The predicted molar refractivity (Wildman–Crippen MR) is 138 cm³/mol. The van der Waals surface area contributed by atoms with E-state index in [9.17, 15) is 0 Å².